The number of hydrogen-bond acceptors (Lipinski definition) is 6. The number of benzene rings is 1. The van der Waals surface area contributed by atoms with Crippen molar-refractivity contribution >= 4 is 28.6 Å². The van der Waals surface area contributed by atoms with E-state index in [4.69, 9.17) is 0 Å². The minimum absolute atomic E-state index is 0.127. The number of carbonyl (C=O) groups excluding carboxylic acids is 3. The van der Waals surface area contributed by atoms with Crippen LogP contribution in [0.25, 0.3) is 10.8 Å². The number of fused-ring (bicyclic) bond motifs is 1. The molecule has 2 heterocycles. The first-order valence-corrected chi connectivity index (χ1v) is 7.03. The molecule has 1 aromatic heterocycles. The zero-order valence-corrected chi connectivity index (χ0v) is 12.0. The SMILES string of the molecule is O=C([O-])c1nn(CC(=O)N2CCCC2=O)c(=O)c2ccccc12. The van der Waals surface area contributed by atoms with Crippen LogP contribution in [0.4, 0.5) is 0 Å². The first-order valence-electron chi connectivity index (χ1n) is 7.03. The Morgan fingerprint density at radius 2 is 1.87 bits per heavy atom. The van der Waals surface area contributed by atoms with Crippen molar-refractivity contribution in [1.29, 1.82) is 0 Å². The van der Waals surface area contributed by atoms with Crippen molar-refractivity contribution in [2.24, 2.45) is 0 Å². The van der Waals surface area contributed by atoms with Crippen LogP contribution in [0.2, 0.25) is 0 Å². The number of likely N-dealkylation sites (tertiary alicyclic amines) is 1. The smallest absolute Gasteiger partial charge is 0.275 e. The summed E-state index contributed by atoms with van der Waals surface area (Å²) in [5, 5.41) is 15.2. The van der Waals surface area contributed by atoms with Crippen LogP contribution in [-0.4, -0.2) is 39.0 Å². The first-order chi connectivity index (χ1) is 11.0. The number of amides is 2. The molecule has 2 aromatic rings. The highest BCUT2D eigenvalue weighted by atomic mass is 16.4. The maximum atomic E-state index is 12.4. The summed E-state index contributed by atoms with van der Waals surface area (Å²) in [4.78, 5) is 48.4. The molecule has 8 nitrogen and oxygen atoms in total. The number of aromatic carboxylic acids is 1. The molecule has 0 aliphatic carbocycles. The summed E-state index contributed by atoms with van der Waals surface area (Å²) in [6, 6.07) is 6.06. The molecule has 118 valence electrons. The fourth-order valence-electron chi connectivity index (χ4n) is 2.62. The summed E-state index contributed by atoms with van der Waals surface area (Å²) in [7, 11) is 0. The Bertz CT molecular complexity index is 886. The Labute approximate surface area is 129 Å². The van der Waals surface area contributed by atoms with E-state index in [1.165, 1.54) is 12.1 Å². The third kappa shape index (κ3) is 2.59. The lowest BCUT2D eigenvalue weighted by Crippen LogP contribution is -2.39. The summed E-state index contributed by atoms with van der Waals surface area (Å²) in [6.45, 7) is -0.191. The molecule has 0 spiro atoms. The van der Waals surface area contributed by atoms with Crippen LogP contribution in [0.1, 0.15) is 23.3 Å². The van der Waals surface area contributed by atoms with Crippen molar-refractivity contribution in [2.45, 2.75) is 19.4 Å². The van der Waals surface area contributed by atoms with E-state index in [0.717, 1.165) is 9.58 Å². The van der Waals surface area contributed by atoms with Crippen molar-refractivity contribution in [1.82, 2.24) is 14.7 Å². The van der Waals surface area contributed by atoms with Crippen molar-refractivity contribution in [3.63, 3.8) is 0 Å². The van der Waals surface area contributed by atoms with E-state index < -0.39 is 29.7 Å². The molecule has 8 heteroatoms. The Morgan fingerprint density at radius 3 is 2.48 bits per heavy atom. The van der Waals surface area contributed by atoms with E-state index in [1.807, 2.05) is 0 Å². The molecular weight excluding hydrogens is 302 g/mol. The van der Waals surface area contributed by atoms with Gasteiger partial charge in [-0.15, -0.1) is 0 Å². The molecule has 0 saturated carbocycles. The predicted octanol–water partition coefficient (Wildman–Crippen LogP) is -1.09. The van der Waals surface area contributed by atoms with Gasteiger partial charge in [-0.2, -0.15) is 5.10 Å². The molecule has 0 N–H and O–H groups in total. The first kappa shape index (κ1) is 14.9. The van der Waals surface area contributed by atoms with Crippen LogP contribution < -0.4 is 10.7 Å². The highest BCUT2D eigenvalue weighted by Crippen LogP contribution is 2.13. The summed E-state index contributed by atoms with van der Waals surface area (Å²) >= 11 is 0. The van der Waals surface area contributed by atoms with Crippen LogP contribution >= 0.6 is 0 Å². The average Bonchev–Trinajstić information content (AvgIpc) is 2.96. The van der Waals surface area contributed by atoms with Crippen molar-refractivity contribution in [3.8, 4) is 0 Å². The molecule has 0 atom stereocenters. The monoisotopic (exact) mass is 314 g/mol. The van der Waals surface area contributed by atoms with E-state index in [0.29, 0.717) is 13.0 Å². The summed E-state index contributed by atoms with van der Waals surface area (Å²) < 4.78 is 0.765. The molecule has 1 fully saturated rings. The topological polar surface area (TPSA) is 112 Å². The number of carboxylic acids is 1. The molecule has 1 aliphatic heterocycles. The number of imide groups is 1. The van der Waals surface area contributed by atoms with Gasteiger partial charge in [0.25, 0.3) is 11.5 Å². The number of nitrogens with zero attached hydrogens (tertiary/aromatic N) is 3. The molecule has 0 radical (unpaired) electrons. The van der Waals surface area contributed by atoms with Gasteiger partial charge in [-0.1, -0.05) is 18.2 Å². The van der Waals surface area contributed by atoms with Gasteiger partial charge in [0, 0.05) is 18.4 Å². The van der Waals surface area contributed by atoms with E-state index in [2.05, 4.69) is 5.10 Å². The van der Waals surface area contributed by atoms with Crippen LogP contribution in [0, 0.1) is 0 Å². The van der Waals surface area contributed by atoms with Crippen molar-refractivity contribution in [2.75, 3.05) is 6.54 Å². The third-order valence-corrected chi connectivity index (χ3v) is 3.72. The minimum Gasteiger partial charge on any atom is -0.543 e. The number of rotatable bonds is 3. The van der Waals surface area contributed by atoms with Gasteiger partial charge in [-0.25, -0.2) is 4.68 Å². The zero-order chi connectivity index (χ0) is 16.6. The normalized spacial score (nSPS) is 14.4. The van der Waals surface area contributed by atoms with Crippen LogP contribution in [-0.2, 0) is 16.1 Å². The Hall–Kier alpha value is -3.03. The molecular formula is C15H12N3O5-. The number of carboxylic acid groups (broad SMARTS) is 1. The van der Waals surface area contributed by atoms with Gasteiger partial charge in [0.1, 0.15) is 12.2 Å². The van der Waals surface area contributed by atoms with E-state index in [1.54, 1.807) is 12.1 Å². The Kier molecular flexibility index (Phi) is 3.65. The second-order valence-electron chi connectivity index (χ2n) is 5.19. The molecule has 1 aliphatic rings. The van der Waals surface area contributed by atoms with Crippen molar-refractivity contribution < 1.29 is 19.5 Å². The summed E-state index contributed by atoms with van der Waals surface area (Å²) in [5.74, 6) is -2.43. The highest BCUT2D eigenvalue weighted by Gasteiger charge is 2.27. The number of hydrogen-bond donors (Lipinski definition) is 0. The number of carbonyl (C=O) groups is 3. The zero-order valence-electron chi connectivity index (χ0n) is 12.0. The van der Waals surface area contributed by atoms with E-state index in [-0.39, 0.29) is 23.1 Å². The van der Waals surface area contributed by atoms with E-state index >= 15 is 0 Å². The van der Waals surface area contributed by atoms with Gasteiger partial charge in [0.05, 0.1) is 11.4 Å². The highest BCUT2D eigenvalue weighted by molar-refractivity contribution is 6.00. The molecule has 0 unspecified atom stereocenters. The fraction of sp³-hybridized carbons (Fsp3) is 0.267. The summed E-state index contributed by atoms with van der Waals surface area (Å²) in [5.41, 5.74) is -1.01. The third-order valence-electron chi connectivity index (χ3n) is 3.72. The molecule has 1 aromatic carbocycles. The van der Waals surface area contributed by atoms with Gasteiger partial charge >= 0.3 is 0 Å². The molecule has 0 bridgehead atoms. The van der Waals surface area contributed by atoms with Gasteiger partial charge in [0.2, 0.25) is 5.91 Å². The van der Waals surface area contributed by atoms with Crippen LogP contribution in [0.15, 0.2) is 29.1 Å². The van der Waals surface area contributed by atoms with Crippen LogP contribution in [0.5, 0.6) is 0 Å². The lowest BCUT2D eigenvalue weighted by atomic mass is 10.1. The lowest BCUT2D eigenvalue weighted by Gasteiger charge is -2.15. The summed E-state index contributed by atoms with van der Waals surface area (Å²) in [6.07, 6.45) is 0.866. The second-order valence-corrected chi connectivity index (χ2v) is 5.19. The molecule has 3 rings (SSSR count). The van der Waals surface area contributed by atoms with Crippen LogP contribution in [0.3, 0.4) is 0 Å². The average molecular weight is 314 g/mol. The maximum Gasteiger partial charge on any atom is 0.275 e. The quantitative estimate of drug-likeness (QED) is 0.711. The minimum atomic E-state index is -1.54. The van der Waals surface area contributed by atoms with E-state index in [9.17, 15) is 24.3 Å². The molecule has 1 saturated heterocycles. The standard InChI is InChI=1S/C15H13N3O5/c19-11-6-3-7-17(11)12(20)8-18-14(21)10-5-2-1-4-9(10)13(16-18)15(22)23/h1-2,4-5H,3,6-8H2,(H,22,23)/p-1. The Morgan fingerprint density at radius 1 is 1.17 bits per heavy atom. The fourth-order valence-corrected chi connectivity index (χ4v) is 2.62. The largest absolute Gasteiger partial charge is 0.543 e. The van der Waals surface area contributed by atoms with Gasteiger partial charge < -0.3 is 9.90 Å². The maximum absolute atomic E-state index is 12.4. The Balaban J connectivity index is 2.06. The molecule has 23 heavy (non-hydrogen) atoms. The predicted molar refractivity (Wildman–Crippen MR) is 76.3 cm³/mol. The van der Waals surface area contributed by atoms with Gasteiger partial charge in [0.15, 0.2) is 0 Å². The lowest BCUT2D eigenvalue weighted by molar-refractivity contribution is -0.255. The van der Waals surface area contributed by atoms with Crippen molar-refractivity contribution in [3.05, 3.63) is 40.3 Å². The van der Waals surface area contributed by atoms with Gasteiger partial charge in [-0.05, 0) is 12.5 Å². The number of aromatic nitrogens is 2. The van der Waals surface area contributed by atoms with Gasteiger partial charge in [-0.3, -0.25) is 19.3 Å². The molecule has 2 amide bonds. The second kappa shape index (κ2) is 5.64.